The number of halogens is 2. The Morgan fingerprint density at radius 2 is 2.21 bits per heavy atom. The van der Waals surface area contributed by atoms with E-state index >= 15 is 0 Å². The summed E-state index contributed by atoms with van der Waals surface area (Å²) in [5.74, 6) is 4.70. The summed E-state index contributed by atoms with van der Waals surface area (Å²) in [5, 5.41) is 8.85. The molecule has 0 saturated heterocycles. The van der Waals surface area contributed by atoms with E-state index in [4.69, 9.17) is 10.9 Å². The lowest BCUT2D eigenvalue weighted by atomic mass is 10.1. The second kappa shape index (κ2) is 7.01. The van der Waals surface area contributed by atoms with Crippen molar-refractivity contribution in [3.05, 3.63) is 29.3 Å². The second-order valence-electron chi connectivity index (χ2n) is 4.06. The molecule has 0 heterocycles. The van der Waals surface area contributed by atoms with Crippen molar-refractivity contribution in [2.24, 2.45) is 5.84 Å². The molecule has 0 aliphatic heterocycles. The number of aliphatic hydroxyl groups excluding tert-OH is 1. The number of aryl methyl sites for hydroxylation is 1. The number of carbonyl (C=O) groups is 1. The molecule has 0 aromatic heterocycles. The standard InChI is InChI=1S/C12H17F2N3O2/c1-8-2-3-10(16-15)9(6-8)12(19)17(4-5-18)7-11(13)14/h2-3,6,11,16,18H,4-5,7,15H2,1H3. The summed E-state index contributed by atoms with van der Waals surface area (Å²) in [7, 11) is 0. The fourth-order valence-corrected chi connectivity index (χ4v) is 1.69. The Kier molecular flexibility index (Phi) is 5.65. The molecule has 0 saturated carbocycles. The van der Waals surface area contributed by atoms with E-state index in [1.807, 2.05) is 0 Å². The number of nitrogens with one attached hydrogen (secondary N) is 1. The molecule has 0 fully saturated rings. The lowest BCUT2D eigenvalue weighted by molar-refractivity contribution is 0.0510. The van der Waals surface area contributed by atoms with E-state index in [1.165, 1.54) is 0 Å². The molecule has 0 radical (unpaired) electrons. The van der Waals surface area contributed by atoms with Crippen LogP contribution in [0.3, 0.4) is 0 Å². The Labute approximate surface area is 110 Å². The quantitative estimate of drug-likeness (QED) is 0.533. The van der Waals surface area contributed by atoms with Crippen LogP contribution in [0.1, 0.15) is 15.9 Å². The molecule has 5 nitrogen and oxygen atoms in total. The predicted octanol–water partition coefficient (Wildman–Crippen LogP) is 0.980. The van der Waals surface area contributed by atoms with Crippen molar-refractivity contribution >= 4 is 11.6 Å². The molecule has 1 amide bonds. The van der Waals surface area contributed by atoms with Gasteiger partial charge in [0.05, 0.1) is 24.4 Å². The fraction of sp³-hybridized carbons (Fsp3) is 0.417. The number of nitrogen functional groups attached to an aromatic ring is 1. The van der Waals surface area contributed by atoms with Crippen LogP contribution in [0.15, 0.2) is 18.2 Å². The Balaban J connectivity index is 3.04. The van der Waals surface area contributed by atoms with E-state index < -0.39 is 18.9 Å². The zero-order chi connectivity index (χ0) is 14.4. The third-order valence-corrected chi connectivity index (χ3v) is 2.58. The van der Waals surface area contributed by atoms with Gasteiger partial charge in [-0.1, -0.05) is 11.6 Å². The van der Waals surface area contributed by atoms with Gasteiger partial charge in [0.25, 0.3) is 12.3 Å². The van der Waals surface area contributed by atoms with E-state index in [1.54, 1.807) is 25.1 Å². The molecular formula is C12H17F2N3O2. The number of amides is 1. The fourth-order valence-electron chi connectivity index (χ4n) is 1.69. The Hall–Kier alpha value is -1.73. The van der Waals surface area contributed by atoms with Gasteiger partial charge in [0, 0.05) is 6.54 Å². The average molecular weight is 273 g/mol. The Bertz CT molecular complexity index is 441. The number of carbonyl (C=O) groups excluding carboxylic acids is 1. The first-order chi connectivity index (χ1) is 8.99. The molecule has 1 rings (SSSR count). The minimum Gasteiger partial charge on any atom is -0.395 e. The maximum atomic E-state index is 12.4. The number of aliphatic hydroxyl groups is 1. The number of nitrogens with zero attached hydrogens (tertiary/aromatic N) is 1. The highest BCUT2D eigenvalue weighted by Gasteiger charge is 2.21. The van der Waals surface area contributed by atoms with Gasteiger partial charge >= 0.3 is 0 Å². The number of hydrogen-bond donors (Lipinski definition) is 3. The molecule has 0 spiro atoms. The van der Waals surface area contributed by atoms with Crippen LogP contribution >= 0.6 is 0 Å². The third kappa shape index (κ3) is 4.15. The highest BCUT2D eigenvalue weighted by atomic mass is 19.3. The normalized spacial score (nSPS) is 10.6. The maximum Gasteiger partial charge on any atom is 0.256 e. The molecule has 0 aliphatic rings. The van der Waals surface area contributed by atoms with E-state index in [0.29, 0.717) is 5.69 Å². The summed E-state index contributed by atoms with van der Waals surface area (Å²) in [5.41, 5.74) is 3.72. The van der Waals surface area contributed by atoms with Crippen LogP contribution < -0.4 is 11.3 Å². The van der Waals surface area contributed by atoms with Gasteiger partial charge in [0.15, 0.2) is 0 Å². The van der Waals surface area contributed by atoms with E-state index in [2.05, 4.69) is 5.43 Å². The van der Waals surface area contributed by atoms with Gasteiger partial charge in [-0.2, -0.15) is 0 Å². The van der Waals surface area contributed by atoms with Crippen LogP contribution in [0.5, 0.6) is 0 Å². The topological polar surface area (TPSA) is 78.6 Å². The van der Waals surface area contributed by atoms with Gasteiger partial charge in [-0.25, -0.2) is 8.78 Å². The van der Waals surface area contributed by atoms with Gasteiger partial charge in [-0.05, 0) is 19.1 Å². The first-order valence-electron chi connectivity index (χ1n) is 5.75. The number of anilines is 1. The lowest BCUT2D eigenvalue weighted by Gasteiger charge is -2.22. The van der Waals surface area contributed by atoms with Crippen molar-refractivity contribution in [1.29, 1.82) is 0 Å². The molecule has 19 heavy (non-hydrogen) atoms. The average Bonchev–Trinajstić information content (AvgIpc) is 2.37. The predicted molar refractivity (Wildman–Crippen MR) is 68.0 cm³/mol. The van der Waals surface area contributed by atoms with Gasteiger partial charge in [0.2, 0.25) is 0 Å². The smallest absolute Gasteiger partial charge is 0.256 e. The molecule has 0 unspecified atom stereocenters. The summed E-state index contributed by atoms with van der Waals surface area (Å²) in [6.45, 7) is 0.523. The minimum atomic E-state index is -2.66. The summed E-state index contributed by atoms with van der Waals surface area (Å²) < 4.78 is 24.9. The van der Waals surface area contributed by atoms with Crippen molar-refractivity contribution in [2.75, 3.05) is 25.1 Å². The van der Waals surface area contributed by atoms with Crippen molar-refractivity contribution in [1.82, 2.24) is 4.90 Å². The second-order valence-corrected chi connectivity index (χ2v) is 4.06. The zero-order valence-corrected chi connectivity index (χ0v) is 10.6. The molecule has 0 atom stereocenters. The highest BCUT2D eigenvalue weighted by molar-refractivity contribution is 5.99. The molecule has 1 aromatic carbocycles. The molecular weight excluding hydrogens is 256 g/mol. The van der Waals surface area contributed by atoms with Crippen molar-refractivity contribution < 1.29 is 18.7 Å². The van der Waals surface area contributed by atoms with E-state index in [0.717, 1.165) is 10.5 Å². The van der Waals surface area contributed by atoms with Crippen LogP contribution in [0.4, 0.5) is 14.5 Å². The number of nitrogens with two attached hydrogens (primary N) is 1. The van der Waals surface area contributed by atoms with Gasteiger partial charge in [-0.3, -0.25) is 10.6 Å². The molecule has 1 aromatic rings. The van der Waals surface area contributed by atoms with E-state index in [9.17, 15) is 13.6 Å². The largest absolute Gasteiger partial charge is 0.395 e. The number of hydrogen-bond acceptors (Lipinski definition) is 4. The molecule has 0 aliphatic carbocycles. The maximum absolute atomic E-state index is 12.4. The number of alkyl halides is 2. The summed E-state index contributed by atoms with van der Waals surface area (Å²) >= 11 is 0. The van der Waals surface area contributed by atoms with Crippen molar-refractivity contribution in [3.8, 4) is 0 Å². The van der Waals surface area contributed by atoms with E-state index in [-0.39, 0.29) is 18.7 Å². The zero-order valence-electron chi connectivity index (χ0n) is 10.6. The first-order valence-corrected chi connectivity index (χ1v) is 5.75. The highest BCUT2D eigenvalue weighted by Crippen LogP contribution is 2.19. The molecule has 106 valence electrons. The van der Waals surface area contributed by atoms with Gasteiger partial charge in [-0.15, -0.1) is 0 Å². The summed E-state index contributed by atoms with van der Waals surface area (Å²) in [6.07, 6.45) is -2.66. The van der Waals surface area contributed by atoms with Crippen LogP contribution in [0.2, 0.25) is 0 Å². The molecule has 4 N–H and O–H groups in total. The summed E-state index contributed by atoms with van der Waals surface area (Å²) in [4.78, 5) is 13.1. The van der Waals surface area contributed by atoms with Crippen LogP contribution in [0, 0.1) is 6.92 Å². The van der Waals surface area contributed by atoms with Crippen molar-refractivity contribution in [3.63, 3.8) is 0 Å². The first kappa shape index (κ1) is 15.3. The third-order valence-electron chi connectivity index (χ3n) is 2.58. The monoisotopic (exact) mass is 273 g/mol. The van der Waals surface area contributed by atoms with Crippen LogP contribution in [-0.4, -0.2) is 42.0 Å². The van der Waals surface area contributed by atoms with Crippen LogP contribution in [0.25, 0.3) is 0 Å². The Morgan fingerprint density at radius 3 is 2.74 bits per heavy atom. The number of hydrazine groups is 1. The number of rotatable bonds is 6. The Morgan fingerprint density at radius 1 is 1.53 bits per heavy atom. The SMILES string of the molecule is Cc1ccc(NN)c(C(=O)N(CCO)CC(F)F)c1. The summed E-state index contributed by atoms with van der Waals surface area (Å²) in [6, 6.07) is 4.91. The molecule has 7 heteroatoms. The number of benzene rings is 1. The van der Waals surface area contributed by atoms with Gasteiger partial charge < -0.3 is 15.4 Å². The van der Waals surface area contributed by atoms with Crippen LogP contribution in [-0.2, 0) is 0 Å². The van der Waals surface area contributed by atoms with Gasteiger partial charge in [0.1, 0.15) is 0 Å². The lowest BCUT2D eigenvalue weighted by Crippen LogP contribution is -2.37. The molecule has 0 bridgehead atoms. The minimum absolute atomic E-state index is 0.152. The van der Waals surface area contributed by atoms with Crippen molar-refractivity contribution in [2.45, 2.75) is 13.3 Å².